The van der Waals surface area contributed by atoms with Crippen molar-refractivity contribution in [1.29, 1.82) is 0 Å². The molecular weight excluding hydrogens is 286 g/mol. The van der Waals surface area contributed by atoms with Gasteiger partial charge < -0.3 is 5.11 Å². The molecule has 1 saturated carbocycles. The van der Waals surface area contributed by atoms with E-state index in [9.17, 15) is 13.5 Å². The summed E-state index contributed by atoms with van der Waals surface area (Å²) in [5, 5.41) is 10.2. The lowest BCUT2D eigenvalue weighted by molar-refractivity contribution is 0.123. The Labute approximate surface area is 119 Å². The molecule has 2 unspecified atom stereocenters. The van der Waals surface area contributed by atoms with Gasteiger partial charge in [0, 0.05) is 18.6 Å². The molecule has 1 aliphatic carbocycles. The molecule has 1 N–H and O–H groups in total. The highest BCUT2D eigenvalue weighted by atomic mass is 35.5. The van der Waals surface area contributed by atoms with Crippen molar-refractivity contribution in [2.75, 3.05) is 13.6 Å². The second kappa shape index (κ2) is 5.79. The van der Waals surface area contributed by atoms with E-state index in [4.69, 9.17) is 11.6 Å². The number of hydrogen-bond acceptors (Lipinski definition) is 3. The molecule has 0 aromatic heterocycles. The van der Waals surface area contributed by atoms with Crippen LogP contribution >= 0.6 is 11.6 Å². The minimum Gasteiger partial charge on any atom is -0.393 e. The van der Waals surface area contributed by atoms with E-state index in [1.807, 2.05) is 0 Å². The van der Waals surface area contributed by atoms with Crippen LogP contribution in [0, 0.1) is 5.92 Å². The monoisotopic (exact) mass is 303 g/mol. The largest absolute Gasteiger partial charge is 0.393 e. The van der Waals surface area contributed by atoms with Gasteiger partial charge in [-0.25, -0.2) is 12.7 Å². The molecule has 0 bridgehead atoms. The third-order valence-corrected chi connectivity index (χ3v) is 5.67. The van der Waals surface area contributed by atoms with Crippen molar-refractivity contribution in [1.82, 2.24) is 4.31 Å². The van der Waals surface area contributed by atoms with Gasteiger partial charge in [-0.1, -0.05) is 24.1 Å². The van der Waals surface area contributed by atoms with Gasteiger partial charge in [0.25, 0.3) is 0 Å². The highest BCUT2D eigenvalue weighted by Crippen LogP contribution is 2.28. The number of hydrogen-bond donors (Lipinski definition) is 1. The van der Waals surface area contributed by atoms with E-state index in [1.165, 1.54) is 16.4 Å². The van der Waals surface area contributed by atoms with E-state index in [-0.39, 0.29) is 10.8 Å². The van der Waals surface area contributed by atoms with Crippen molar-refractivity contribution in [3.05, 3.63) is 29.3 Å². The van der Waals surface area contributed by atoms with Gasteiger partial charge >= 0.3 is 0 Å². The van der Waals surface area contributed by atoms with Gasteiger partial charge in [-0.15, -0.1) is 0 Å². The maximum atomic E-state index is 12.4. The van der Waals surface area contributed by atoms with Crippen LogP contribution < -0.4 is 0 Å². The quantitative estimate of drug-likeness (QED) is 0.927. The Kier molecular flexibility index (Phi) is 4.50. The minimum atomic E-state index is -3.53. The van der Waals surface area contributed by atoms with Gasteiger partial charge in [0.15, 0.2) is 0 Å². The second-order valence-corrected chi connectivity index (χ2v) is 7.48. The third kappa shape index (κ3) is 3.28. The first-order valence-electron chi connectivity index (χ1n) is 6.31. The van der Waals surface area contributed by atoms with Gasteiger partial charge in [0.05, 0.1) is 11.0 Å². The average Bonchev–Trinajstić information content (AvgIpc) is 2.75. The van der Waals surface area contributed by atoms with Gasteiger partial charge in [-0.2, -0.15) is 0 Å². The molecule has 6 heteroatoms. The molecule has 1 aromatic carbocycles. The van der Waals surface area contributed by atoms with Crippen LogP contribution in [-0.2, 0) is 10.0 Å². The second-order valence-electron chi connectivity index (χ2n) is 5.00. The molecule has 4 nitrogen and oxygen atoms in total. The van der Waals surface area contributed by atoms with Crippen molar-refractivity contribution in [2.45, 2.75) is 30.3 Å². The Morgan fingerprint density at radius 1 is 1.42 bits per heavy atom. The number of aliphatic hydroxyl groups excluding tert-OH is 1. The molecule has 1 fully saturated rings. The molecule has 0 aliphatic heterocycles. The molecular formula is C13H18ClNO3S. The van der Waals surface area contributed by atoms with Crippen LogP contribution in [0.2, 0.25) is 5.02 Å². The van der Waals surface area contributed by atoms with Gasteiger partial charge in [0.2, 0.25) is 10.0 Å². The zero-order valence-electron chi connectivity index (χ0n) is 10.8. The molecule has 0 spiro atoms. The molecule has 0 amide bonds. The summed E-state index contributed by atoms with van der Waals surface area (Å²) in [7, 11) is -1.99. The van der Waals surface area contributed by atoms with Crippen molar-refractivity contribution in [3.63, 3.8) is 0 Å². The Hall–Kier alpha value is -0.620. The van der Waals surface area contributed by atoms with Gasteiger partial charge in [-0.05, 0) is 37.0 Å². The van der Waals surface area contributed by atoms with Gasteiger partial charge in [-0.3, -0.25) is 0 Å². The SMILES string of the molecule is CN(CC1CCCC1O)S(=O)(=O)c1cccc(Cl)c1. The van der Waals surface area contributed by atoms with Crippen molar-refractivity contribution >= 4 is 21.6 Å². The standard InChI is InChI=1S/C13H18ClNO3S/c1-15(9-10-4-2-7-13(10)16)19(17,18)12-6-3-5-11(14)8-12/h3,5-6,8,10,13,16H,2,4,7,9H2,1H3. The Morgan fingerprint density at radius 3 is 2.74 bits per heavy atom. The van der Waals surface area contributed by atoms with E-state index in [0.717, 1.165) is 19.3 Å². The van der Waals surface area contributed by atoms with Crippen LogP contribution in [-0.4, -0.2) is 37.5 Å². The first-order chi connectivity index (χ1) is 8.91. The fraction of sp³-hybridized carbons (Fsp3) is 0.538. The molecule has 1 aliphatic rings. The molecule has 0 radical (unpaired) electrons. The van der Waals surface area contributed by atoms with E-state index < -0.39 is 16.1 Å². The molecule has 0 heterocycles. The van der Waals surface area contributed by atoms with Crippen LogP contribution in [0.15, 0.2) is 29.2 Å². The zero-order chi connectivity index (χ0) is 14.0. The fourth-order valence-corrected chi connectivity index (χ4v) is 4.00. The predicted octanol–water partition coefficient (Wildman–Crippen LogP) is 2.12. The summed E-state index contributed by atoms with van der Waals surface area (Å²) in [4.78, 5) is 0.190. The van der Waals surface area contributed by atoms with Crippen LogP contribution in [0.25, 0.3) is 0 Å². The number of rotatable bonds is 4. The van der Waals surface area contributed by atoms with Crippen molar-refractivity contribution in [2.24, 2.45) is 5.92 Å². The first kappa shape index (κ1) is 14.8. The summed E-state index contributed by atoms with van der Waals surface area (Å²) in [6.07, 6.45) is 2.19. The Balaban J connectivity index is 2.15. The average molecular weight is 304 g/mol. The number of nitrogens with zero attached hydrogens (tertiary/aromatic N) is 1. The van der Waals surface area contributed by atoms with E-state index in [0.29, 0.717) is 11.6 Å². The molecule has 2 rings (SSSR count). The Bertz CT molecular complexity index is 547. The summed E-state index contributed by atoms with van der Waals surface area (Å²) >= 11 is 5.83. The fourth-order valence-electron chi connectivity index (χ4n) is 2.47. The topological polar surface area (TPSA) is 57.6 Å². The van der Waals surface area contributed by atoms with Crippen molar-refractivity contribution < 1.29 is 13.5 Å². The maximum absolute atomic E-state index is 12.4. The molecule has 106 valence electrons. The molecule has 0 saturated heterocycles. The predicted molar refractivity (Wildman–Crippen MR) is 74.6 cm³/mol. The number of aliphatic hydroxyl groups is 1. The van der Waals surface area contributed by atoms with E-state index >= 15 is 0 Å². The normalized spacial score (nSPS) is 24.0. The lowest BCUT2D eigenvalue weighted by Crippen LogP contribution is -2.34. The molecule has 2 atom stereocenters. The summed E-state index contributed by atoms with van der Waals surface area (Å²) in [6.45, 7) is 0.343. The highest BCUT2D eigenvalue weighted by Gasteiger charge is 2.30. The molecule has 19 heavy (non-hydrogen) atoms. The van der Waals surface area contributed by atoms with E-state index in [1.54, 1.807) is 19.2 Å². The highest BCUT2D eigenvalue weighted by molar-refractivity contribution is 7.89. The minimum absolute atomic E-state index is 0.0268. The van der Waals surface area contributed by atoms with E-state index in [2.05, 4.69) is 0 Å². The Morgan fingerprint density at radius 2 is 2.16 bits per heavy atom. The number of halogens is 1. The lowest BCUT2D eigenvalue weighted by Gasteiger charge is -2.22. The summed E-state index contributed by atoms with van der Waals surface area (Å²) < 4.78 is 26.0. The van der Waals surface area contributed by atoms with Crippen LogP contribution in [0.1, 0.15) is 19.3 Å². The summed E-state index contributed by atoms with van der Waals surface area (Å²) in [6, 6.07) is 6.23. The third-order valence-electron chi connectivity index (χ3n) is 3.61. The summed E-state index contributed by atoms with van der Waals surface area (Å²) in [5.41, 5.74) is 0. The lowest BCUT2D eigenvalue weighted by atomic mass is 10.1. The van der Waals surface area contributed by atoms with Crippen LogP contribution in [0.4, 0.5) is 0 Å². The number of sulfonamides is 1. The smallest absolute Gasteiger partial charge is 0.242 e. The first-order valence-corrected chi connectivity index (χ1v) is 8.13. The van der Waals surface area contributed by atoms with Gasteiger partial charge in [0.1, 0.15) is 0 Å². The number of benzene rings is 1. The molecule has 1 aromatic rings. The van der Waals surface area contributed by atoms with Crippen molar-refractivity contribution in [3.8, 4) is 0 Å². The van der Waals surface area contributed by atoms with Crippen LogP contribution in [0.3, 0.4) is 0 Å². The maximum Gasteiger partial charge on any atom is 0.242 e. The zero-order valence-corrected chi connectivity index (χ0v) is 12.4. The van der Waals surface area contributed by atoms with Crippen LogP contribution in [0.5, 0.6) is 0 Å². The summed E-state index contributed by atoms with van der Waals surface area (Å²) in [5.74, 6) is 0.0268.